The van der Waals surface area contributed by atoms with Crippen LogP contribution in [0.3, 0.4) is 0 Å². The molecule has 0 aromatic heterocycles. The van der Waals surface area contributed by atoms with Crippen LogP contribution in [0.1, 0.15) is 30.5 Å². The number of benzene rings is 1. The standard InChI is InChI=1S/C13H19NO/c1-5-12(15)13(14(3)4)11-9-7-6-8-10(11)2/h6-9,13H,5H2,1-4H3. The number of carbonyl (C=O) groups is 1. The summed E-state index contributed by atoms with van der Waals surface area (Å²) >= 11 is 0. The maximum absolute atomic E-state index is 11.9. The van der Waals surface area contributed by atoms with Crippen molar-refractivity contribution in [3.05, 3.63) is 35.4 Å². The van der Waals surface area contributed by atoms with Gasteiger partial charge >= 0.3 is 0 Å². The highest BCUT2D eigenvalue weighted by molar-refractivity contribution is 5.85. The van der Waals surface area contributed by atoms with Crippen LogP contribution in [-0.4, -0.2) is 24.8 Å². The zero-order valence-electron chi connectivity index (χ0n) is 9.95. The zero-order chi connectivity index (χ0) is 11.4. The fraction of sp³-hybridized carbons (Fsp3) is 0.462. The van der Waals surface area contributed by atoms with E-state index >= 15 is 0 Å². The lowest BCUT2D eigenvalue weighted by atomic mass is 9.96. The first-order chi connectivity index (χ1) is 7.07. The summed E-state index contributed by atoms with van der Waals surface area (Å²) in [4.78, 5) is 13.8. The number of rotatable bonds is 4. The second-order valence-corrected chi connectivity index (χ2v) is 4.04. The molecule has 0 aliphatic heterocycles. The summed E-state index contributed by atoms with van der Waals surface area (Å²) in [5.41, 5.74) is 2.30. The highest BCUT2D eigenvalue weighted by atomic mass is 16.1. The molecule has 2 heteroatoms. The smallest absolute Gasteiger partial charge is 0.154 e. The number of likely N-dealkylation sites (N-methyl/N-ethyl adjacent to an activating group) is 1. The summed E-state index contributed by atoms with van der Waals surface area (Å²) in [7, 11) is 3.90. The van der Waals surface area contributed by atoms with E-state index in [1.165, 1.54) is 5.56 Å². The van der Waals surface area contributed by atoms with Gasteiger partial charge in [-0.15, -0.1) is 0 Å². The van der Waals surface area contributed by atoms with Crippen LogP contribution in [0, 0.1) is 6.92 Å². The number of Topliss-reactive ketones (excluding diaryl/α,β-unsaturated/α-hetero) is 1. The summed E-state index contributed by atoms with van der Waals surface area (Å²) in [5.74, 6) is 0.273. The van der Waals surface area contributed by atoms with Crippen LogP contribution in [0.4, 0.5) is 0 Å². The quantitative estimate of drug-likeness (QED) is 0.753. The van der Waals surface area contributed by atoms with Crippen LogP contribution in [0.5, 0.6) is 0 Å². The van der Waals surface area contributed by atoms with Crippen molar-refractivity contribution in [3.8, 4) is 0 Å². The molecule has 1 aromatic rings. The van der Waals surface area contributed by atoms with Crippen molar-refractivity contribution < 1.29 is 4.79 Å². The summed E-state index contributed by atoms with van der Waals surface area (Å²) in [6, 6.07) is 7.97. The van der Waals surface area contributed by atoms with Crippen LogP contribution < -0.4 is 0 Å². The van der Waals surface area contributed by atoms with Crippen LogP contribution >= 0.6 is 0 Å². The molecular formula is C13H19NO. The molecule has 0 bridgehead atoms. The SMILES string of the molecule is CCC(=O)C(c1ccccc1C)N(C)C. The third-order valence-electron chi connectivity index (χ3n) is 2.65. The van der Waals surface area contributed by atoms with Crippen molar-refractivity contribution in [1.82, 2.24) is 4.90 Å². The van der Waals surface area contributed by atoms with Gasteiger partial charge in [0.05, 0.1) is 6.04 Å². The molecule has 0 aliphatic rings. The lowest BCUT2D eigenvalue weighted by Crippen LogP contribution is -2.27. The normalized spacial score (nSPS) is 12.9. The van der Waals surface area contributed by atoms with E-state index in [0.717, 1.165) is 5.56 Å². The minimum atomic E-state index is -0.101. The van der Waals surface area contributed by atoms with E-state index in [1.54, 1.807) is 0 Å². The van der Waals surface area contributed by atoms with Crippen LogP contribution in [0.25, 0.3) is 0 Å². The molecule has 0 saturated carbocycles. The van der Waals surface area contributed by atoms with E-state index in [4.69, 9.17) is 0 Å². The van der Waals surface area contributed by atoms with Gasteiger partial charge in [-0.05, 0) is 32.1 Å². The minimum absolute atomic E-state index is 0.101. The van der Waals surface area contributed by atoms with Gasteiger partial charge in [0.2, 0.25) is 0 Å². The average molecular weight is 205 g/mol. The maximum atomic E-state index is 11.9. The van der Waals surface area contributed by atoms with Gasteiger partial charge in [0.1, 0.15) is 0 Å². The van der Waals surface area contributed by atoms with Crippen molar-refractivity contribution in [3.63, 3.8) is 0 Å². The van der Waals surface area contributed by atoms with Gasteiger partial charge in [0.25, 0.3) is 0 Å². The molecule has 1 unspecified atom stereocenters. The summed E-state index contributed by atoms with van der Waals surface area (Å²) in [6.45, 7) is 3.96. The Kier molecular flexibility index (Phi) is 4.04. The lowest BCUT2D eigenvalue weighted by Gasteiger charge is -2.24. The lowest BCUT2D eigenvalue weighted by molar-refractivity contribution is -0.123. The Hall–Kier alpha value is -1.15. The molecule has 0 saturated heterocycles. The molecule has 1 aromatic carbocycles. The van der Waals surface area contributed by atoms with Crippen molar-refractivity contribution >= 4 is 5.78 Å². The summed E-state index contributed by atoms with van der Waals surface area (Å²) in [5, 5.41) is 0. The molecule has 2 nitrogen and oxygen atoms in total. The molecule has 82 valence electrons. The highest BCUT2D eigenvalue weighted by Gasteiger charge is 2.22. The second kappa shape index (κ2) is 5.08. The van der Waals surface area contributed by atoms with Gasteiger partial charge in [-0.2, -0.15) is 0 Å². The first kappa shape index (κ1) is 11.9. The third kappa shape index (κ3) is 2.66. The van der Waals surface area contributed by atoms with Gasteiger partial charge in [-0.25, -0.2) is 0 Å². The molecule has 15 heavy (non-hydrogen) atoms. The van der Waals surface area contributed by atoms with Crippen LogP contribution in [0.2, 0.25) is 0 Å². The topological polar surface area (TPSA) is 20.3 Å². The van der Waals surface area contributed by atoms with E-state index in [1.807, 2.05) is 44.1 Å². The summed E-state index contributed by atoms with van der Waals surface area (Å²) < 4.78 is 0. The Morgan fingerprint density at radius 3 is 2.40 bits per heavy atom. The monoisotopic (exact) mass is 205 g/mol. The second-order valence-electron chi connectivity index (χ2n) is 4.04. The van der Waals surface area contributed by atoms with E-state index in [2.05, 4.69) is 13.0 Å². The van der Waals surface area contributed by atoms with Crippen molar-refractivity contribution in [2.45, 2.75) is 26.3 Å². The highest BCUT2D eigenvalue weighted by Crippen LogP contribution is 2.23. The fourth-order valence-corrected chi connectivity index (χ4v) is 1.83. The van der Waals surface area contributed by atoms with E-state index in [9.17, 15) is 4.79 Å². The molecular weight excluding hydrogens is 186 g/mol. The molecule has 0 N–H and O–H groups in total. The number of aryl methyl sites for hydroxylation is 1. The van der Waals surface area contributed by atoms with Gasteiger partial charge in [-0.1, -0.05) is 31.2 Å². The van der Waals surface area contributed by atoms with Gasteiger partial charge in [-0.3, -0.25) is 9.69 Å². The number of hydrogen-bond donors (Lipinski definition) is 0. The van der Waals surface area contributed by atoms with Gasteiger partial charge in [0.15, 0.2) is 5.78 Å². The molecule has 1 atom stereocenters. The number of hydrogen-bond acceptors (Lipinski definition) is 2. The molecule has 0 radical (unpaired) electrons. The average Bonchev–Trinajstić information content (AvgIpc) is 2.20. The van der Waals surface area contributed by atoms with E-state index in [0.29, 0.717) is 6.42 Å². The molecule has 0 amide bonds. The Morgan fingerprint density at radius 2 is 1.93 bits per heavy atom. The third-order valence-corrected chi connectivity index (χ3v) is 2.65. The first-order valence-corrected chi connectivity index (χ1v) is 5.32. The Morgan fingerprint density at radius 1 is 1.33 bits per heavy atom. The summed E-state index contributed by atoms with van der Waals surface area (Å²) in [6.07, 6.45) is 0.581. The molecule has 0 heterocycles. The number of nitrogens with zero attached hydrogens (tertiary/aromatic N) is 1. The van der Waals surface area contributed by atoms with Crippen molar-refractivity contribution in [1.29, 1.82) is 0 Å². The zero-order valence-corrected chi connectivity index (χ0v) is 9.95. The number of carbonyl (C=O) groups excluding carboxylic acids is 1. The molecule has 0 aliphatic carbocycles. The van der Waals surface area contributed by atoms with Crippen LogP contribution in [-0.2, 0) is 4.79 Å². The van der Waals surface area contributed by atoms with Gasteiger partial charge < -0.3 is 0 Å². The number of ketones is 1. The minimum Gasteiger partial charge on any atom is -0.298 e. The Labute approximate surface area is 91.9 Å². The molecule has 1 rings (SSSR count). The van der Waals surface area contributed by atoms with Crippen molar-refractivity contribution in [2.75, 3.05) is 14.1 Å². The first-order valence-electron chi connectivity index (χ1n) is 5.32. The predicted octanol–water partition coefficient (Wildman–Crippen LogP) is 2.58. The van der Waals surface area contributed by atoms with E-state index in [-0.39, 0.29) is 11.8 Å². The predicted molar refractivity (Wildman–Crippen MR) is 62.9 cm³/mol. The fourth-order valence-electron chi connectivity index (χ4n) is 1.83. The van der Waals surface area contributed by atoms with Crippen LogP contribution in [0.15, 0.2) is 24.3 Å². The Balaban J connectivity index is 3.10. The largest absolute Gasteiger partial charge is 0.298 e. The Bertz CT molecular complexity index is 344. The molecule has 0 spiro atoms. The maximum Gasteiger partial charge on any atom is 0.154 e. The van der Waals surface area contributed by atoms with Crippen molar-refractivity contribution in [2.24, 2.45) is 0 Å². The van der Waals surface area contributed by atoms with Gasteiger partial charge in [0, 0.05) is 6.42 Å². The molecule has 0 fully saturated rings. The van der Waals surface area contributed by atoms with E-state index < -0.39 is 0 Å².